The molecule has 0 bridgehead atoms. The lowest BCUT2D eigenvalue weighted by Crippen LogP contribution is -2.02. The second kappa shape index (κ2) is 9.32. The van der Waals surface area contributed by atoms with Gasteiger partial charge in [0.1, 0.15) is 18.1 Å². The summed E-state index contributed by atoms with van der Waals surface area (Å²) in [5, 5.41) is 11.5. The topological polar surface area (TPSA) is 91.7 Å². The molecule has 0 spiro atoms. The number of benzene rings is 1. The van der Waals surface area contributed by atoms with Crippen LogP contribution in [0, 0.1) is 0 Å². The van der Waals surface area contributed by atoms with E-state index in [1.54, 1.807) is 36.6 Å². The van der Waals surface area contributed by atoms with Crippen molar-refractivity contribution in [2.24, 2.45) is 5.10 Å². The molecule has 0 aliphatic rings. The summed E-state index contributed by atoms with van der Waals surface area (Å²) >= 11 is 1.15. The Morgan fingerprint density at radius 3 is 2.83 bits per heavy atom. The molecule has 11 heteroatoms. The SMILES string of the molecule is COC(=O)c1ccc(COc2ccccc2C=Nn2c(SC)nnc2C(F)F)o1. The van der Waals surface area contributed by atoms with Gasteiger partial charge in [0.15, 0.2) is 0 Å². The Morgan fingerprint density at radius 2 is 2.10 bits per heavy atom. The molecular weight excluding hydrogens is 406 g/mol. The summed E-state index contributed by atoms with van der Waals surface area (Å²) in [7, 11) is 1.26. The van der Waals surface area contributed by atoms with E-state index in [9.17, 15) is 13.6 Å². The number of para-hydroxylation sites is 1. The summed E-state index contributed by atoms with van der Waals surface area (Å²) in [6, 6.07) is 10.0. The highest BCUT2D eigenvalue weighted by atomic mass is 32.2. The third kappa shape index (κ3) is 4.80. The average Bonchev–Trinajstić information content (AvgIpc) is 3.37. The van der Waals surface area contributed by atoms with Crippen LogP contribution in [0.3, 0.4) is 0 Å². The molecule has 2 aromatic heterocycles. The van der Waals surface area contributed by atoms with Crippen molar-refractivity contribution in [2.75, 3.05) is 13.4 Å². The molecule has 3 aromatic rings. The third-order valence-electron chi connectivity index (χ3n) is 3.66. The summed E-state index contributed by atoms with van der Waals surface area (Å²) in [4.78, 5) is 11.4. The molecule has 0 unspecified atom stereocenters. The maximum atomic E-state index is 13.1. The maximum absolute atomic E-state index is 13.1. The smallest absolute Gasteiger partial charge is 0.373 e. The fourth-order valence-electron chi connectivity index (χ4n) is 2.30. The number of hydrogen-bond acceptors (Lipinski definition) is 8. The molecule has 2 heterocycles. The number of carbonyl (C=O) groups excluding carboxylic acids is 1. The lowest BCUT2D eigenvalue weighted by Gasteiger charge is -2.08. The minimum Gasteiger partial charge on any atom is -0.485 e. The van der Waals surface area contributed by atoms with Crippen LogP contribution in [-0.4, -0.2) is 40.4 Å². The number of alkyl halides is 2. The maximum Gasteiger partial charge on any atom is 0.373 e. The van der Waals surface area contributed by atoms with Crippen molar-refractivity contribution in [2.45, 2.75) is 18.2 Å². The molecule has 0 saturated carbocycles. The fourth-order valence-corrected chi connectivity index (χ4v) is 2.74. The zero-order valence-electron chi connectivity index (χ0n) is 15.4. The van der Waals surface area contributed by atoms with E-state index in [2.05, 4.69) is 20.0 Å². The number of nitrogens with zero attached hydrogens (tertiary/aromatic N) is 4. The van der Waals surface area contributed by atoms with Crippen LogP contribution in [-0.2, 0) is 11.3 Å². The third-order valence-corrected chi connectivity index (χ3v) is 4.28. The van der Waals surface area contributed by atoms with Gasteiger partial charge in [-0.15, -0.1) is 10.2 Å². The number of hydrogen-bond donors (Lipinski definition) is 0. The summed E-state index contributed by atoms with van der Waals surface area (Å²) in [5.74, 6) is -0.199. The molecule has 0 aliphatic heterocycles. The molecule has 0 amide bonds. The molecule has 0 aliphatic carbocycles. The number of esters is 1. The van der Waals surface area contributed by atoms with Crippen LogP contribution >= 0.6 is 11.8 Å². The average molecular weight is 422 g/mol. The van der Waals surface area contributed by atoms with E-state index < -0.39 is 18.2 Å². The number of rotatable bonds is 8. The lowest BCUT2D eigenvalue weighted by molar-refractivity contribution is 0.0561. The van der Waals surface area contributed by atoms with Crippen LogP contribution < -0.4 is 4.74 Å². The zero-order chi connectivity index (χ0) is 20.8. The van der Waals surface area contributed by atoms with E-state index in [0.717, 1.165) is 16.4 Å². The van der Waals surface area contributed by atoms with Gasteiger partial charge in [0.25, 0.3) is 6.43 Å². The van der Waals surface area contributed by atoms with Crippen molar-refractivity contribution < 1.29 is 27.5 Å². The molecule has 3 rings (SSSR count). The van der Waals surface area contributed by atoms with Gasteiger partial charge in [0.2, 0.25) is 16.7 Å². The first-order valence-electron chi connectivity index (χ1n) is 8.24. The summed E-state index contributed by atoms with van der Waals surface area (Å²) in [5.41, 5.74) is 0.549. The Bertz CT molecular complexity index is 1020. The molecule has 1 aromatic carbocycles. The minimum atomic E-state index is -2.81. The molecule has 29 heavy (non-hydrogen) atoms. The van der Waals surface area contributed by atoms with Gasteiger partial charge >= 0.3 is 5.97 Å². The van der Waals surface area contributed by atoms with Crippen LogP contribution in [0.5, 0.6) is 5.75 Å². The highest BCUT2D eigenvalue weighted by Gasteiger charge is 2.19. The first-order chi connectivity index (χ1) is 14.0. The van der Waals surface area contributed by atoms with Gasteiger partial charge in [0, 0.05) is 5.56 Å². The van der Waals surface area contributed by atoms with Crippen molar-refractivity contribution in [3.05, 3.63) is 59.3 Å². The summed E-state index contributed by atoms with van der Waals surface area (Å²) in [6.07, 6.45) is 0.260. The Labute approximate surface area is 168 Å². The number of halogens is 2. The first-order valence-corrected chi connectivity index (χ1v) is 9.46. The Hall–Kier alpha value is -3.21. The second-order valence-corrected chi connectivity index (χ2v) is 6.26. The number of furan rings is 1. The molecular formula is C18H16F2N4O4S. The normalized spacial score (nSPS) is 11.3. The van der Waals surface area contributed by atoms with Crippen molar-refractivity contribution in [3.63, 3.8) is 0 Å². The van der Waals surface area contributed by atoms with E-state index in [0.29, 0.717) is 17.1 Å². The first kappa shape index (κ1) is 20.5. The fraction of sp³-hybridized carbons (Fsp3) is 0.222. The predicted octanol–water partition coefficient (Wildman–Crippen LogP) is 3.78. The summed E-state index contributed by atoms with van der Waals surface area (Å²) in [6.45, 7) is 0.0484. The van der Waals surface area contributed by atoms with Crippen LogP contribution in [0.15, 0.2) is 51.1 Å². The zero-order valence-corrected chi connectivity index (χ0v) is 16.2. The van der Waals surface area contributed by atoms with Crippen molar-refractivity contribution in [3.8, 4) is 5.75 Å². The number of thioether (sulfide) groups is 1. The van der Waals surface area contributed by atoms with Gasteiger partial charge < -0.3 is 13.9 Å². The molecule has 0 N–H and O–H groups in total. The van der Waals surface area contributed by atoms with Gasteiger partial charge in [0.05, 0.1) is 13.3 Å². The molecule has 0 fully saturated rings. The standard InChI is InChI=1S/C18H16F2N4O4S/c1-26-17(25)14-8-7-12(28-14)10-27-13-6-4-3-5-11(13)9-21-24-16(15(19)20)22-23-18(24)29-2/h3-9,15H,10H2,1-2H3. The monoisotopic (exact) mass is 422 g/mol. The Kier molecular flexibility index (Phi) is 6.60. The summed E-state index contributed by atoms with van der Waals surface area (Å²) < 4.78 is 42.8. The van der Waals surface area contributed by atoms with Crippen LogP contribution in [0.2, 0.25) is 0 Å². The van der Waals surface area contributed by atoms with Crippen LogP contribution in [0.1, 0.15) is 34.1 Å². The van der Waals surface area contributed by atoms with Crippen molar-refractivity contribution >= 4 is 23.9 Å². The van der Waals surface area contributed by atoms with Gasteiger partial charge in [-0.25, -0.2) is 13.6 Å². The number of methoxy groups -OCH3 is 1. The number of ether oxygens (including phenoxy) is 2. The lowest BCUT2D eigenvalue weighted by atomic mass is 10.2. The van der Waals surface area contributed by atoms with Gasteiger partial charge in [-0.2, -0.15) is 9.78 Å². The van der Waals surface area contributed by atoms with Gasteiger partial charge in [-0.05, 0) is 30.5 Å². The largest absolute Gasteiger partial charge is 0.485 e. The van der Waals surface area contributed by atoms with Crippen molar-refractivity contribution in [1.82, 2.24) is 14.9 Å². The Morgan fingerprint density at radius 1 is 1.31 bits per heavy atom. The van der Waals surface area contributed by atoms with E-state index in [-0.39, 0.29) is 17.5 Å². The van der Waals surface area contributed by atoms with E-state index in [1.165, 1.54) is 19.4 Å². The quantitative estimate of drug-likeness (QED) is 0.310. The van der Waals surface area contributed by atoms with Crippen molar-refractivity contribution in [1.29, 1.82) is 0 Å². The molecule has 0 radical (unpaired) electrons. The highest BCUT2D eigenvalue weighted by molar-refractivity contribution is 7.98. The highest BCUT2D eigenvalue weighted by Crippen LogP contribution is 2.23. The molecule has 8 nitrogen and oxygen atoms in total. The predicted molar refractivity (Wildman–Crippen MR) is 101 cm³/mol. The molecule has 152 valence electrons. The van der Waals surface area contributed by atoms with E-state index in [1.807, 2.05) is 0 Å². The van der Waals surface area contributed by atoms with Gasteiger partial charge in [-0.3, -0.25) is 0 Å². The number of carbonyl (C=O) groups is 1. The van der Waals surface area contributed by atoms with Gasteiger partial charge in [-0.1, -0.05) is 23.9 Å². The number of aromatic nitrogens is 3. The van der Waals surface area contributed by atoms with E-state index in [4.69, 9.17) is 9.15 Å². The van der Waals surface area contributed by atoms with E-state index >= 15 is 0 Å². The minimum absolute atomic E-state index is 0.0484. The second-order valence-electron chi connectivity index (χ2n) is 5.49. The molecule has 0 atom stereocenters. The van der Waals surface area contributed by atoms with Crippen LogP contribution in [0.25, 0.3) is 0 Å². The van der Waals surface area contributed by atoms with Crippen LogP contribution in [0.4, 0.5) is 8.78 Å². The molecule has 0 saturated heterocycles. The Balaban J connectivity index is 1.78.